The molecule has 1 aromatic rings. The fourth-order valence-electron chi connectivity index (χ4n) is 3.87. The molecule has 2 fully saturated rings. The van der Waals surface area contributed by atoms with E-state index in [1.165, 1.54) is 0 Å². The van der Waals surface area contributed by atoms with Crippen LogP contribution in [0.3, 0.4) is 0 Å². The van der Waals surface area contributed by atoms with Crippen LogP contribution < -0.4 is 0 Å². The summed E-state index contributed by atoms with van der Waals surface area (Å²) in [5.41, 5.74) is 0.507. The van der Waals surface area contributed by atoms with Crippen LogP contribution in [-0.4, -0.2) is 53.6 Å². The van der Waals surface area contributed by atoms with Crippen molar-refractivity contribution in [2.24, 2.45) is 5.41 Å². The summed E-state index contributed by atoms with van der Waals surface area (Å²) in [5, 5.41) is 0. The summed E-state index contributed by atoms with van der Waals surface area (Å²) in [6, 6.07) is 8.82. The normalized spacial score (nSPS) is 28.1. The smallest absolute Gasteiger partial charge is 0.338 e. The van der Waals surface area contributed by atoms with E-state index in [1.54, 1.807) is 12.1 Å². The molecule has 2 aliphatic heterocycles. The Morgan fingerprint density at radius 3 is 2.48 bits per heavy atom. The van der Waals surface area contributed by atoms with Gasteiger partial charge in [-0.05, 0) is 17.5 Å². The van der Waals surface area contributed by atoms with Crippen LogP contribution in [0.4, 0.5) is 0 Å². The Bertz CT molecular complexity index is 608. The first-order valence-electron chi connectivity index (χ1n) is 8.07. The predicted molar refractivity (Wildman–Crippen MR) is 86.8 cm³/mol. The highest BCUT2D eigenvalue weighted by molar-refractivity contribution is 5.89. The Hall–Kier alpha value is -1.88. The molecule has 2 aliphatic rings. The molecule has 0 spiro atoms. The van der Waals surface area contributed by atoms with Crippen LogP contribution in [0.25, 0.3) is 0 Å². The molecule has 0 unspecified atom stereocenters. The van der Waals surface area contributed by atoms with E-state index in [2.05, 4.69) is 25.7 Å². The molecule has 5 nitrogen and oxygen atoms in total. The van der Waals surface area contributed by atoms with Crippen molar-refractivity contribution in [2.75, 3.05) is 13.6 Å². The summed E-state index contributed by atoms with van der Waals surface area (Å²) < 4.78 is 5.63. The van der Waals surface area contributed by atoms with Crippen molar-refractivity contribution in [2.45, 2.75) is 45.5 Å². The van der Waals surface area contributed by atoms with E-state index in [-0.39, 0.29) is 35.6 Å². The minimum absolute atomic E-state index is 0.0421. The van der Waals surface area contributed by atoms with E-state index in [0.717, 1.165) is 0 Å². The fourth-order valence-corrected chi connectivity index (χ4v) is 3.87. The summed E-state index contributed by atoms with van der Waals surface area (Å²) in [4.78, 5) is 28.7. The highest BCUT2D eigenvalue weighted by atomic mass is 16.5. The minimum Gasteiger partial charge on any atom is -0.457 e. The molecule has 0 saturated carbocycles. The lowest BCUT2D eigenvalue weighted by Gasteiger charge is -2.37. The standard InChI is InChI=1S/C18H24N2O3/c1-18(2,3)17-19(4)15(21)14-10-13(11-20(14)17)23-16(22)12-8-6-5-7-9-12/h5-9,13-14,17H,10-11H2,1-4H3/t13-,14+,17+/m1/s1. The minimum atomic E-state index is -0.315. The van der Waals surface area contributed by atoms with E-state index in [0.29, 0.717) is 18.5 Å². The Kier molecular flexibility index (Phi) is 3.92. The quantitative estimate of drug-likeness (QED) is 0.784. The number of hydrogen-bond acceptors (Lipinski definition) is 4. The lowest BCUT2D eigenvalue weighted by atomic mass is 9.91. The highest BCUT2D eigenvalue weighted by Crippen LogP contribution is 2.39. The first-order chi connectivity index (χ1) is 10.8. The zero-order valence-electron chi connectivity index (χ0n) is 14.2. The van der Waals surface area contributed by atoms with Crippen molar-refractivity contribution in [3.05, 3.63) is 35.9 Å². The zero-order valence-corrected chi connectivity index (χ0v) is 14.2. The Balaban J connectivity index is 1.71. The number of likely N-dealkylation sites (N-methyl/N-ethyl adjacent to an activating group) is 1. The summed E-state index contributed by atoms with van der Waals surface area (Å²) in [6.45, 7) is 7.01. The lowest BCUT2D eigenvalue weighted by molar-refractivity contribution is -0.130. The number of ether oxygens (including phenoxy) is 1. The third-order valence-corrected chi connectivity index (χ3v) is 4.67. The molecule has 0 N–H and O–H groups in total. The molecule has 23 heavy (non-hydrogen) atoms. The van der Waals surface area contributed by atoms with E-state index >= 15 is 0 Å². The first-order valence-corrected chi connectivity index (χ1v) is 8.07. The van der Waals surface area contributed by atoms with Gasteiger partial charge in [0.05, 0.1) is 17.8 Å². The second-order valence-electron chi connectivity index (χ2n) is 7.53. The molecular weight excluding hydrogens is 292 g/mol. The summed E-state index contributed by atoms with van der Waals surface area (Å²) in [5.74, 6) is -0.187. The number of esters is 1. The molecule has 0 aliphatic carbocycles. The molecule has 3 atom stereocenters. The van der Waals surface area contributed by atoms with Gasteiger partial charge in [0.2, 0.25) is 5.91 Å². The average Bonchev–Trinajstić information content (AvgIpc) is 2.98. The Morgan fingerprint density at radius 2 is 1.87 bits per heavy atom. The van der Waals surface area contributed by atoms with Crippen molar-refractivity contribution in [3.63, 3.8) is 0 Å². The first kappa shape index (κ1) is 16.0. The van der Waals surface area contributed by atoms with Crippen LogP contribution in [0.5, 0.6) is 0 Å². The summed E-state index contributed by atoms with van der Waals surface area (Å²) >= 11 is 0. The van der Waals surface area contributed by atoms with Gasteiger partial charge in [0.1, 0.15) is 6.10 Å². The van der Waals surface area contributed by atoms with Crippen molar-refractivity contribution in [1.29, 1.82) is 0 Å². The van der Waals surface area contributed by atoms with E-state index < -0.39 is 0 Å². The van der Waals surface area contributed by atoms with Crippen molar-refractivity contribution in [1.82, 2.24) is 9.80 Å². The molecule has 1 aromatic carbocycles. The number of benzene rings is 1. The van der Waals surface area contributed by atoms with Crippen LogP contribution >= 0.6 is 0 Å². The number of rotatable bonds is 2. The van der Waals surface area contributed by atoms with Crippen molar-refractivity contribution >= 4 is 11.9 Å². The highest BCUT2D eigenvalue weighted by Gasteiger charge is 2.53. The molecule has 0 bridgehead atoms. The molecule has 3 rings (SSSR count). The number of carbonyl (C=O) groups excluding carboxylic acids is 2. The average molecular weight is 316 g/mol. The third-order valence-electron chi connectivity index (χ3n) is 4.67. The predicted octanol–water partition coefficient (Wildman–Crippen LogP) is 2.13. The number of nitrogens with zero attached hydrogens (tertiary/aromatic N) is 2. The van der Waals surface area contributed by atoms with Gasteiger partial charge in [0.15, 0.2) is 0 Å². The topological polar surface area (TPSA) is 49.9 Å². The Morgan fingerprint density at radius 1 is 1.22 bits per heavy atom. The number of amides is 1. The van der Waals surface area contributed by atoms with E-state index in [4.69, 9.17) is 4.74 Å². The molecule has 5 heteroatoms. The van der Waals surface area contributed by atoms with Gasteiger partial charge in [-0.25, -0.2) is 4.79 Å². The van der Waals surface area contributed by atoms with Gasteiger partial charge >= 0.3 is 5.97 Å². The van der Waals surface area contributed by atoms with Crippen LogP contribution in [-0.2, 0) is 9.53 Å². The maximum absolute atomic E-state index is 12.5. The van der Waals surface area contributed by atoms with Gasteiger partial charge in [-0.15, -0.1) is 0 Å². The number of fused-ring (bicyclic) bond motifs is 1. The molecule has 1 amide bonds. The maximum Gasteiger partial charge on any atom is 0.338 e. The molecule has 124 valence electrons. The molecular formula is C18H24N2O3. The maximum atomic E-state index is 12.5. The SMILES string of the molecule is CN1C(=O)[C@@H]2C[C@@H](OC(=O)c3ccccc3)CN2[C@H]1C(C)(C)C. The van der Waals surface area contributed by atoms with Gasteiger partial charge in [-0.3, -0.25) is 9.69 Å². The molecule has 2 heterocycles. The van der Waals surface area contributed by atoms with Gasteiger partial charge in [0, 0.05) is 20.0 Å². The van der Waals surface area contributed by atoms with Crippen LogP contribution in [0.1, 0.15) is 37.6 Å². The van der Waals surface area contributed by atoms with Crippen LogP contribution in [0.2, 0.25) is 0 Å². The summed E-state index contributed by atoms with van der Waals surface area (Å²) in [7, 11) is 1.86. The van der Waals surface area contributed by atoms with E-state index in [1.807, 2.05) is 30.1 Å². The second-order valence-corrected chi connectivity index (χ2v) is 7.53. The van der Waals surface area contributed by atoms with Gasteiger partial charge in [-0.1, -0.05) is 39.0 Å². The zero-order chi connectivity index (χ0) is 16.8. The van der Waals surface area contributed by atoms with Gasteiger partial charge in [-0.2, -0.15) is 0 Å². The Labute approximate surface area is 137 Å². The van der Waals surface area contributed by atoms with Crippen LogP contribution in [0.15, 0.2) is 30.3 Å². The van der Waals surface area contributed by atoms with Gasteiger partial charge < -0.3 is 9.64 Å². The lowest BCUT2D eigenvalue weighted by Crippen LogP contribution is -2.47. The third kappa shape index (κ3) is 2.85. The number of hydrogen-bond donors (Lipinski definition) is 0. The van der Waals surface area contributed by atoms with Crippen molar-refractivity contribution < 1.29 is 14.3 Å². The molecule has 0 radical (unpaired) electrons. The van der Waals surface area contributed by atoms with Crippen LogP contribution in [0, 0.1) is 5.41 Å². The number of carbonyl (C=O) groups is 2. The fraction of sp³-hybridized carbons (Fsp3) is 0.556. The monoisotopic (exact) mass is 316 g/mol. The summed E-state index contributed by atoms with van der Waals surface area (Å²) in [6.07, 6.45) is 0.393. The molecule has 0 aromatic heterocycles. The second kappa shape index (κ2) is 5.64. The van der Waals surface area contributed by atoms with E-state index in [9.17, 15) is 9.59 Å². The van der Waals surface area contributed by atoms with Crippen molar-refractivity contribution in [3.8, 4) is 0 Å². The largest absolute Gasteiger partial charge is 0.457 e. The van der Waals surface area contributed by atoms with Gasteiger partial charge in [0.25, 0.3) is 0 Å². The molecule has 2 saturated heterocycles.